The van der Waals surface area contributed by atoms with Gasteiger partial charge in [-0.3, -0.25) is 9.78 Å². The van der Waals surface area contributed by atoms with Gasteiger partial charge in [-0.25, -0.2) is 0 Å². The van der Waals surface area contributed by atoms with Crippen LogP contribution in [0.1, 0.15) is 45.2 Å². The lowest BCUT2D eigenvalue weighted by molar-refractivity contribution is -0.123. The fourth-order valence-corrected chi connectivity index (χ4v) is 2.23. The molecule has 0 saturated heterocycles. The molecule has 1 rings (SSSR count). The molecule has 0 aliphatic heterocycles. The van der Waals surface area contributed by atoms with Crippen LogP contribution in [0.2, 0.25) is 0 Å². The van der Waals surface area contributed by atoms with Crippen LogP contribution in [0.15, 0.2) is 18.3 Å². The van der Waals surface area contributed by atoms with E-state index in [2.05, 4.69) is 16.4 Å². The molecule has 0 aliphatic rings. The Bertz CT molecular complexity index is 471. The van der Waals surface area contributed by atoms with E-state index in [0.29, 0.717) is 18.5 Å². The lowest BCUT2D eigenvalue weighted by Crippen LogP contribution is -2.35. The lowest BCUT2D eigenvalue weighted by Gasteiger charge is -2.24. The zero-order valence-electron chi connectivity index (χ0n) is 11.9. The molecule has 1 aromatic heterocycles. The Morgan fingerprint density at radius 1 is 1.42 bits per heavy atom. The quantitative estimate of drug-likeness (QED) is 0.851. The van der Waals surface area contributed by atoms with E-state index in [4.69, 9.17) is 0 Å². The fraction of sp³-hybridized carbons (Fsp3) is 0.533. The van der Waals surface area contributed by atoms with Gasteiger partial charge in [0.15, 0.2) is 0 Å². The molecule has 4 heteroatoms. The summed E-state index contributed by atoms with van der Waals surface area (Å²) >= 11 is 0. The number of hydrogen-bond donors (Lipinski definition) is 1. The van der Waals surface area contributed by atoms with Crippen molar-refractivity contribution in [1.29, 1.82) is 5.26 Å². The number of nitriles is 1. The highest BCUT2D eigenvalue weighted by molar-refractivity contribution is 5.97. The Morgan fingerprint density at radius 3 is 2.53 bits per heavy atom. The van der Waals surface area contributed by atoms with Crippen molar-refractivity contribution in [2.75, 3.05) is 5.32 Å². The van der Waals surface area contributed by atoms with Gasteiger partial charge in [-0.1, -0.05) is 26.7 Å². The number of rotatable bonds is 6. The highest BCUT2D eigenvalue weighted by Gasteiger charge is 2.37. The average Bonchev–Trinajstić information content (AvgIpc) is 2.41. The van der Waals surface area contributed by atoms with Crippen LogP contribution in [0, 0.1) is 23.7 Å². The number of anilines is 1. The maximum Gasteiger partial charge on any atom is 0.244 e. The number of carbonyl (C=O) groups excluding carboxylic acids is 1. The summed E-state index contributed by atoms with van der Waals surface area (Å²) < 4.78 is 0. The second-order valence-corrected chi connectivity index (χ2v) is 4.78. The molecule has 1 amide bonds. The monoisotopic (exact) mass is 259 g/mol. The van der Waals surface area contributed by atoms with E-state index < -0.39 is 5.41 Å². The largest absolute Gasteiger partial charge is 0.323 e. The van der Waals surface area contributed by atoms with Crippen LogP contribution in [0.3, 0.4) is 0 Å². The maximum atomic E-state index is 12.4. The molecule has 19 heavy (non-hydrogen) atoms. The first-order chi connectivity index (χ1) is 9.09. The van der Waals surface area contributed by atoms with E-state index in [1.54, 1.807) is 18.3 Å². The molecule has 0 spiro atoms. The molecule has 0 aliphatic carbocycles. The number of aryl methyl sites for hydroxylation is 1. The molecular weight excluding hydrogens is 238 g/mol. The second kappa shape index (κ2) is 6.89. The average molecular weight is 259 g/mol. The van der Waals surface area contributed by atoms with Gasteiger partial charge in [0, 0.05) is 6.20 Å². The summed E-state index contributed by atoms with van der Waals surface area (Å²) in [6.45, 7) is 5.82. The summed E-state index contributed by atoms with van der Waals surface area (Å²) in [5, 5.41) is 12.3. The van der Waals surface area contributed by atoms with Crippen molar-refractivity contribution in [3.63, 3.8) is 0 Å². The number of nitrogens with zero attached hydrogens (tertiary/aromatic N) is 2. The zero-order chi connectivity index (χ0) is 14.3. The molecule has 102 valence electrons. The molecule has 0 fully saturated rings. The van der Waals surface area contributed by atoms with Gasteiger partial charge in [0.1, 0.15) is 5.41 Å². The first kappa shape index (κ1) is 15.2. The zero-order valence-corrected chi connectivity index (χ0v) is 11.9. The summed E-state index contributed by atoms with van der Waals surface area (Å²) in [5.41, 5.74) is 0.515. The first-order valence-corrected chi connectivity index (χ1v) is 6.74. The van der Waals surface area contributed by atoms with Crippen LogP contribution in [0.4, 0.5) is 5.69 Å². The number of carbonyl (C=O) groups is 1. The predicted molar refractivity (Wildman–Crippen MR) is 75.5 cm³/mol. The minimum Gasteiger partial charge on any atom is -0.323 e. The van der Waals surface area contributed by atoms with Gasteiger partial charge < -0.3 is 5.32 Å². The van der Waals surface area contributed by atoms with E-state index in [1.165, 1.54) is 0 Å². The van der Waals surface area contributed by atoms with Crippen molar-refractivity contribution < 1.29 is 4.79 Å². The van der Waals surface area contributed by atoms with Crippen molar-refractivity contribution >= 4 is 11.6 Å². The minimum atomic E-state index is -0.925. The molecule has 0 aromatic carbocycles. The topological polar surface area (TPSA) is 65.8 Å². The first-order valence-electron chi connectivity index (χ1n) is 6.74. The van der Waals surface area contributed by atoms with Crippen LogP contribution in [0.5, 0.6) is 0 Å². The van der Waals surface area contributed by atoms with E-state index in [-0.39, 0.29) is 5.91 Å². The summed E-state index contributed by atoms with van der Waals surface area (Å²) in [5.74, 6) is -0.213. The van der Waals surface area contributed by atoms with Crippen molar-refractivity contribution in [3.05, 3.63) is 24.0 Å². The fourth-order valence-electron chi connectivity index (χ4n) is 2.23. The molecule has 4 nitrogen and oxygen atoms in total. The van der Waals surface area contributed by atoms with Gasteiger partial charge in [-0.05, 0) is 31.9 Å². The summed E-state index contributed by atoms with van der Waals surface area (Å²) in [7, 11) is 0. The van der Waals surface area contributed by atoms with Gasteiger partial charge in [0.25, 0.3) is 0 Å². The molecule has 0 radical (unpaired) electrons. The van der Waals surface area contributed by atoms with Crippen molar-refractivity contribution in [2.24, 2.45) is 5.41 Å². The number of hydrogen-bond acceptors (Lipinski definition) is 3. The summed E-state index contributed by atoms with van der Waals surface area (Å²) in [4.78, 5) is 16.6. The molecule has 0 saturated carbocycles. The van der Waals surface area contributed by atoms with E-state index in [1.807, 2.05) is 20.8 Å². The number of pyridine rings is 1. The number of aromatic nitrogens is 1. The van der Waals surface area contributed by atoms with Gasteiger partial charge >= 0.3 is 0 Å². The third-order valence-corrected chi connectivity index (χ3v) is 3.26. The third kappa shape index (κ3) is 3.54. The van der Waals surface area contributed by atoms with Gasteiger partial charge in [0.05, 0.1) is 17.5 Å². The van der Waals surface area contributed by atoms with Crippen LogP contribution in [0.25, 0.3) is 0 Å². The number of amides is 1. The Balaban J connectivity index is 2.95. The maximum absolute atomic E-state index is 12.4. The van der Waals surface area contributed by atoms with Gasteiger partial charge in [-0.15, -0.1) is 0 Å². The molecule has 1 N–H and O–H groups in total. The SMILES string of the molecule is CCCC(C#N)(CCC)C(=O)Nc1cccnc1C. The molecule has 1 aromatic rings. The molecular formula is C15H21N3O. The predicted octanol–water partition coefficient (Wildman–Crippen LogP) is 3.44. The van der Waals surface area contributed by atoms with Gasteiger partial charge in [0.2, 0.25) is 5.91 Å². The van der Waals surface area contributed by atoms with Crippen LogP contribution < -0.4 is 5.32 Å². The summed E-state index contributed by atoms with van der Waals surface area (Å²) in [6, 6.07) is 5.80. The van der Waals surface area contributed by atoms with E-state index in [9.17, 15) is 10.1 Å². The highest BCUT2D eigenvalue weighted by atomic mass is 16.2. The molecule has 0 atom stereocenters. The highest BCUT2D eigenvalue weighted by Crippen LogP contribution is 2.31. The normalized spacial score (nSPS) is 10.8. The standard InChI is InChI=1S/C15H21N3O/c1-4-8-15(11-16,9-5-2)14(19)18-13-7-6-10-17-12(13)3/h6-7,10H,4-5,8-9H2,1-3H3,(H,18,19). The van der Waals surface area contributed by atoms with Crippen molar-refractivity contribution in [1.82, 2.24) is 4.98 Å². The molecule has 1 heterocycles. The molecule has 0 bridgehead atoms. The van der Waals surface area contributed by atoms with Gasteiger partial charge in [-0.2, -0.15) is 5.26 Å². The number of nitrogens with one attached hydrogen (secondary N) is 1. The van der Waals surface area contributed by atoms with Crippen LogP contribution >= 0.6 is 0 Å². The van der Waals surface area contributed by atoms with E-state index >= 15 is 0 Å². The van der Waals surface area contributed by atoms with Crippen molar-refractivity contribution in [2.45, 2.75) is 46.5 Å². The minimum absolute atomic E-state index is 0.213. The second-order valence-electron chi connectivity index (χ2n) is 4.78. The third-order valence-electron chi connectivity index (χ3n) is 3.26. The Kier molecular flexibility index (Phi) is 5.50. The Morgan fingerprint density at radius 2 is 2.05 bits per heavy atom. The van der Waals surface area contributed by atoms with Crippen LogP contribution in [-0.4, -0.2) is 10.9 Å². The van der Waals surface area contributed by atoms with Crippen LogP contribution in [-0.2, 0) is 4.79 Å². The van der Waals surface area contributed by atoms with Crippen molar-refractivity contribution in [3.8, 4) is 6.07 Å². The Labute approximate surface area is 114 Å². The van der Waals surface area contributed by atoms with E-state index in [0.717, 1.165) is 18.5 Å². The lowest BCUT2D eigenvalue weighted by atomic mass is 9.79. The Hall–Kier alpha value is -1.89. The molecule has 0 unspecified atom stereocenters. The smallest absolute Gasteiger partial charge is 0.244 e. The summed E-state index contributed by atoms with van der Waals surface area (Å²) in [6.07, 6.45) is 4.48.